The van der Waals surface area contributed by atoms with E-state index in [4.69, 9.17) is 22.1 Å². The van der Waals surface area contributed by atoms with Crippen LogP contribution < -0.4 is 15.8 Å². The number of ether oxygens (including phenoxy) is 1. The third-order valence-corrected chi connectivity index (χ3v) is 3.79. The van der Waals surface area contributed by atoms with E-state index in [0.29, 0.717) is 36.1 Å². The first-order valence-electron chi connectivity index (χ1n) is 7.72. The van der Waals surface area contributed by atoms with E-state index in [1.165, 1.54) is 0 Å². The van der Waals surface area contributed by atoms with Gasteiger partial charge in [0.05, 0.1) is 18.7 Å². The zero-order chi connectivity index (χ0) is 17.4. The highest BCUT2D eigenvalue weighted by Crippen LogP contribution is 2.27. The van der Waals surface area contributed by atoms with Gasteiger partial charge in [0.1, 0.15) is 5.75 Å². The van der Waals surface area contributed by atoms with Gasteiger partial charge >= 0.3 is 0 Å². The molecule has 0 saturated carbocycles. The second-order valence-corrected chi connectivity index (χ2v) is 5.79. The number of carbonyl (C=O) groups excluding carboxylic acids is 1. The Kier molecular flexibility index (Phi) is 9.31. The molecule has 2 rings (SSSR count). The van der Waals surface area contributed by atoms with E-state index in [1.807, 2.05) is 35.2 Å². The van der Waals surface area contributed by atoms with E-state index in [-0.39, 0.29) is 24.9 Å². The van der Waals surface area contributed by atoms with Crippen molar-refractivity contribution in [2.75, 3.05) is 32.1 Å². The quantitative estimate of drug-likeness (QED) is 0.734. The molecule has 0 saturated heterocycles. The summed E-state index contributed by atoms with van der Waals surface area (Å²) in [6.45, 7) is 2.07. The maximum Gasteiger partial charge on any atom is 0.238 e. The van der Waals surface area contributed by atoms with Gasteiger partial charge in [-0.05, 0) is 23.8 Å². The Morgan fingerprint density at radius 1 is 1.24 bits per heavy atom. The minimum Gasteiger partial charge on any atom is -0.495 e. The van der Waals surface area contributed by atoms with Crippen molar-refractivity contribution in [3.05, 3.63) is 59.1 Å². The number of amides is 1. The standard InChI is InChI=1S/C18H22ClN3O2.ClH/c1-24-17-8-7-15(11-16(17)19)21-18(23)13-22(10-9-20)12-14-5-3-2-4-6-14;/h2-8,11H,9-10,12-13,20H2,1H3,(H,21,23);1H. The highest BCUT2D eigenvalue weighted by Gasteiger charge is 2.12. The number of halogens is 2. The number of carbonyl (C=O) groups is 1. The lowest BCUT2D eigenvalue weighted by atomic mass is 10.2. The average Bonchev–Trinajstić information content (AvgIpc) is 2.56. The van der Waals surface area contributed by atoms with Crippen molar-refractivity contribution in [3.63, 3.8) is 0 Å². The molecule has 0 unspecified atom stereocenters. The van der Waals surface area contributed by atoms with Crippen LogP contribution in [0.5, 0.6) is 5.75 Å². The van der Waals surface area contributed by atoms with Crippen molar-refractivity contribution in [3.8, 4) is 5.75 Å². The Labute approximate surface area is 159 Å². The van der Waals surface area contributed by atoms with Gasteiger partial charge in [-0.25, -0.2) is 0 Å². The normalized spacial score (nSPS) is 10.2. The van der Waals surface area contributed by atoms with Gasteiger partial charge in [-0.1, -0.05) is 41.9 Å². The molecule has 0 aromatic heterocycles. The number of nitrogens with one attached hydrogen (secondary N) is 1. The molecule has 2 aromatic carbocycles. The van der Waals surface area contributed by atoms with Gasteiger partial charge < -0.3 is 15.8 Å². The van der Waals surface area contributed by atoms with Gasteiger partial charge in [-0.15, -0.1) is 12.4 Å². The average molecular weight is 384 g/mol. The van der Waals surface area contributed by atoms with Crippen molar-refractivity contribution in [1.82, 2.24) is 4.90 Å². The van der Waals surface area contributed by atoms with Gasteiger partial charge in [0, 0.05) is 25.3 Å². The molecule has 0 radical (unpaired) electrons. The maximum atomic E-state index is 12.3. The lowest BCUT2D eigenvalue weighted by Gasteiger charge is -2.21. The summed E-state index contributed by atoms with van der Waals surface area (Å²) >= 11 is 6.07. The summed E-state index contributed by atoms with van der Waals surface area (Å²) in [6, 6.07) is 15.1. The second kappa shape index (κ2) is 10.9. The Morgan fingerprint density at radius 3 is 2.56 bits per heavy atom. The molecule has 7 heteroatoms. The zero-order valence-corrected chi connectivity index (χ0v) is 15.6. The molecule has 1 amide bonds. The van der Waals surface area contributed by atoms with Gasteiger partial charge in [0.2, 0.25) is 5.91 Å². The molecule has 0 aliphatic heterocycles. The van der Waals surface area contributed by atoms with Crippen molar-refractivity contribution in [2.24, 2.45) is 5.73 Å². The molecule has 0 bridgehead atoms. The van der Waals surface area contributed by atoms with Crippen LogP contribution in [0.3, 0.4) is 0 Å². The topological polar surface area (TPSA) is 67.6 Å². The van der Waals surface area contributed by atoms with Crippen LogP contribution in [0.4, 0.5) is 5.69 Å². The molecular formula is C18H23Cl2N3O2. The third kappa shape index (κ3) is 6.92. The molecule has 3 N–H and O–H groups in total. The summed E-state index contributed by atoms with van der Waals surface area (Å²) in [7, 11) is 1.55. The molecular weight excluding hydrogens is 361 g/mol. The van der Waals surface area contributed by atoms with Crippen LogP contribution in [0.1, 0.15) is 5.56 Å². The third-order valence-electron chi connectivity index (χ3n) is 3.50. The van der Waals surface area contributed by atoms with E-state index in [2.05, 4.69) is 5.32 Å². The van der Waals surface area contributed by atoms with Crippen LogP contribution in [-0.2, 0) is 11.3 Å². The van der Waals surface area contributed by atoms with Crippen molar-refractivity contribution in [1.29, 1.82) is 0 Å². The number of methoxy groups -OCH3 is 1. The van der Waals surface area contributed by atoms with Crippen LogP contribution in [0, 0.1) is 0 Å². The first-order chi connectivity index (χ1) is 11.6. The number of nitrogens with two attached hydrogens (primary N) is 1. The minimum absolute atomic E-state index is 0. The van der Waals surface area contributed by atoms with Crippen LogP contribution in [0.15, 0.2) is 48.5 Å². The number of hydrogen-bond acceptors (Lipinski definition) is 4. The smallest absolute Gasteiger partial charge is 0.238 e. The summed E-state index contributed by atoms with van der Waals surface area (Å²) in [5, 5.41) is 3.30. The molecule has 0 spiro atoms. The van der Waals surface area contributed by atoms with E-state index in [9.17, 15) is 4.79 Å². The zero-order valence-electron chi connectivity index (χ0n) is 14.1. The van der Waals surface area contributed by atoms with Gasteiger partial charge in [0.15, 0.2) is 0 Å². The minimum atomic E-state index is -0.111. The fourth-order valence-corrected chi connectivity index (χ4v) is 2.64. The summed E-state index contributed by atoms with van der Waals surface area (Å²) in [6.07, 6.45) is 0. The fourth-order valence-electron chi connectivity index (χ4n) is 2.39. The predicted molar refractivity (Wildman–Crippen MR) is 105 cm³/mol. The summed E-state index contributed by atoms with van der Waals surface area (Å²) < 4.78 is 5.10. The molecule has 2 aromatic rings. The van der Waals surface area contributed by atoms with Gasteiger partial charge in [0.25, 0.3) is 0 Å². The molecule has 0 aliphatic rings. The summed E-state index contributed by atoms with van der Waals surface area (Å²) in [4.78, 5) is 14.3. The lowest BCUT2D eigenvalue weighted by molar-refractivity contribution is -0.117. The first kappa shape index (κ1) is 21.3. The van der Waals surface area contributed by atoms with Crippen LogP contribution in [0.2, 0.25) is 5.02 Å². The maximum absolute atomic E-state index is 12.3. The molecule has 5 nitrogen and oxygen atoms in total. The molecule has 0 atom stereocenters. The van der Waals surface area contributed by atoms with Gasteiger partial charge in [-0.2, -0.15) is 0 Å². The van der Waals surface area contributed by atoms with Crippen LogP contribution in [-0.4, -0.2) is 37.6 Å². The van der Waals surface area contributed by atoms with Crippen LogP contribution >= 0.6 is 24.0 Å². The molecule has 0 fully saturated rings. The Balaban J connectivity index is 0.00000312. The fraction of sp³-hybridized carbons (Fsp3) is 0.278. The molecule has 0 heterocycles. The van der Waals surface area contributed by atoms with E-state index in [0.717, 1.165) is 5.56 Å². The Hall–Kier alpha value is -1.79. The Morgan fingerprint density at radius 2 is 1.96 bits per heavy atom. The van der Waals surface area contributed by atoms with E-state index in [1.54, 1.807) is 25.3 Å². The Bertz CT molecular complexity index is 669. The first-order valence-corrected chi connectivity index (χ1v) is 8.10. The predicted octanol–water partition coefficient (Wildman–Crippen LogP) is 3.17. The number of nitrogens with zero attached hydrogens (tertiary/aromatic N) is 1. The van der Waals surface area contributed by atoms with Crippen molar-refractivity contribution < 1.29 is 9.53 Å². The molecule has 25 heavy (non-hydrogen) atoms. The van der Waals surface area contributed by atoms with E-state index < -0.39 is 0 Å². The number of rotatable bonds is 8. The van der Waals surface area contributed by atoms with Crippen LogP contribution in [0.25, 0.3) is 0 Å². The lowest BCUT2D eigenvalue weighted by Crippen LogP contribution is -2.36. The monoisotopic (exact) mass is 383 g/mol. The van der Waals surface area contributed by atoms with Gasteiger partial charge in [-0.3, -0.25) is 9.69 Å². The van der Waals surface area contributed by atoms with E-state index >= 15 is 0 Å². The summed E-state index contributed by atoms with van der Waals surface area (Å²) in [5.41, 5.74) is 7.44. The largest absolute Gasteiger partial charge is 0.495 e. The summed E-state index contributed by atoms with van der Waals surface area (Å²) in [5.74, 6) is 0.462. The number of benzene rings is 2. The number of anilines is 1. The molecule has 0 aliphatic carbocycles. The van der Waals surface area contributed by atoms with Crippen molar-refractivity contribution in [2.45, 2.75) is 6.54 Å². The highest BCUT2D eigenvalue weighted by atomic mass is 35.5. The molecule has 136 valence electrons. The second-order valence-electron chi connectivity index (χ2n) is 5.38. The SMILES string of the molecule is COc1ccc(NC(=O)CN(CCN)Cc2ccccc2)cc1Cl.Cl. The van der Waals surface area contributed by atoms with Crippen molar-refractivity contribution >= 4 is 35.6 Å². The number of hydrogen-bond donors (Lipinski definition) is 2. The highest BCUT2D eigenvalue weighted by molar-refractivity contribution is 6.32.